The predicted octanol–water partition coefficient (Wildman–Crippen LogP) is 4.15. The maximum Gasteiger partial charge on any atom is 0.264 e. The van der Waals surface area contributed by atoms with Gasteiger partial charge >= 0.3 is 0 Å². The number of rotatable bonds is 6. The van der Waals surface area contributed by atoms with Crippen molar-refractivity contribution >= 4 is 34.7 Å². The largest absolute Gasteiger partial charge is 0.366 e. The molecule has 176 valence electrons. The van der Waals surface area contributed by atoms with E-state index in [1.165, 1.54) is 28.0 Å². The van der Waals surface area contributed by atoms with Crippen molar-refractivity contribution in [2.45, 2.75) is 32.9 Å². The molecule has 2 amide bonds. The normalized spacial score (nSPS) is 12.2. The maximum absolute atomic E-state index is 13.3. The molecule has 0 saturated carbocycles. The third kappa shape index (κ3) is 4.62. The lowest BCUT2D eigenvalue weighted by Gasteiger charge is -2.24. The molecule has 0 fully saturated rings. The third-order valence-corrected chi connectivity index (χ3v) is 6.43. The summed E-state index contributed by atoms with van der Waals surface area (Å²) in [6.45, 7) is 5.64. The zero-order valence-corrected chi connectivity index (χ0v) is 20.1. The van der Waals surface area contributed by atoms with E-state index in [-0.39, 0.29) is 35.7 Å². The molecule has 3 heterocycles. The van der Waals surface area contributed by atoms with Gasteiger partial charge in [-0.15, -0.1) is 16.4 Å². The molecule has 0 aliphatic heterocycles. The molecule has 4 aromatic rings. The molecule has 0 radical (unpaired) electrons. The number of benzene rings is 1. The molecule has 3 aromatic heterocycles. The molecule has 8 nitrogen and oxygen atoms in total. The Kier molecular flexibility index (Phi) is 6.34. The first-order chi connectivity index (χ1) is 16.1. The molecule has 3 N–H and O–H groups in total. The fourth-order valence-electron chi connectivity index (χ4n) is 3.58. The van der Waals surface area contributed by atoms with Gasteiger partial charge in [0.1, 0.15) is 5.82 Å². The number of carbonyl (C=O) groups excluding carboxylic acids is 2. The monoisotopic (exact) mass is 480 g/mol. The summed E-state index contributed by atoms with van der Waals surface area (Å²) in [6.07, 6.45) is 1.73. The Morgan fingerprint density at radius 2 is 1.85 bits per heavy atom. The molecule has 0 bridgehead atoms. The van der Waals surface area contributed by atoms with Crippen molar-refractivity contribution in [3.8, 4) is 11.1 Å². The molecule has 4 rings (SSSR count). The van der Waals surface area contributed by atoms with E-state index in [2.05, 4.69) is 15.4 Å². The number of nitrogens with two attached hydrogens (primary N) is 1. The highest BCUT2D eigenvalue weighted by Crippen LogP contribution is 2.30. The second-order valence-electron chi connectivity index (χ2n) is 8.35. The molecule has 0 aliphatic carbocycles. The summed E-state index contributed by atoms with van der Waals surface area (Å²) < 4.78 is 14.7. The number of amides is 2. The number of hydrogen-bond acceptors (Lipinski definition) is 6. The number of nitrogen functional groups attached to an aromatic ring is 1. The maximum atomic E-state index is 13.3. The molecule has 0 spiro atoms. The smallest absolute Gasteiger partial charge is 0.264 e. The van der Waals surface area contributed by atoms with Gasteiger partial charge in [-0.25, -0.2) is 8.91 Å². The molecular formula is C24H25FN6O2S. The van der Waals surface area contributed by atoms with Crippen LogP contribution in [-0.4, -0.2) is 44.4 Å². The van der Waals surface area contributed by atoms with Crippen LogP contribution in [0.1, 0.15) is 52.4 Å². The van der Waals surface area contributed by atoms with Crippen LogP contribution < -0.4 is 11.1 Å². The molecule has 34 heavy (non-hydrogen) atoms. The van der Waals surface area contributed by atoms with Crippen LogP contribution in [0.5, 0.6) is 0 Å². The third-order valence-electron chi connectivity index (χ3n) is 5.51. The Bertz CT molecular complexity index is 1360. The second-order valence-corrected chi connectivity index (χ2v) is 9.26. The van der Waals surface area contributed by atoms with Crippen LogP contribution in [-0.2, 0) is 0 Å². The van der Waals surface area contributed by atoms with E-state index in [1.54, 1.807) is 42.4 Å². The molecule has 1 atom stereocenters. The summed E-state index contributed by atoms with van der Waals surface area (Å²) >= 11 is 1.31. The topological polar surface area (TPSA) is 106 Å². The minimum atomic E-state index is -0.319. The first-order valence-electron chi connectivity index (χ1n) is 10.7. The van der Waals surface area contributed by atoms with E-state index in [9.17, 15) is 14.0 Å². The highest BCUT2D eigenvalue weighted by atomic mass is 32.1. The lowest BCUT2D eigenvalue weighted by molar-refractivity contribution is 0.0747. The Hall–Kier alpha value is -3.79. The van der Waals surface area contributed by atoms with Crippen molar-refractivity contribution in [2.75, 3.05) is 12.8 Å². The van der Waals surface area contributed by atoms with Gasteiger partial charge < -0.3 is 16.0 Å². The Morgan fingerprint density at radius 3 is 2.53 bits per heavy atom. The Balaban J connectivity index is 1.64. The molecular weight excluding hydrogens is 455 g/mol. The van der Waals surface area contributed by atoms with Crippen molar-refractivity contribution in [3.63, 3.8) is 0 Å². The number of hydrogen-bond donors (Lipinski definition) is 2. The lowest BCUT2D eigenvalue weighted by Crippen LogP contribution is -2.30. The first-order valence-corrected chi connectivity index (χ1v) is 11.6. The number of pyridine rings is 1. The highest BCUT2D eigenvalue weighted by molar-refractivity contribution is 7.12. The average molecular weight is 481 g/mol. The van der Waals surface area contributed by atoms with Gasteiger partial charge in [0.2, 0.25) is 5.95 Å². The average Bonchev–Trinajstić information content (AvgIpc) is 3.43. The lowest BCUT2D eigenvalue weighted by atomic mass is 10.1. The van der Waals surface area contributed by atoms with Crippen molar-refractivity contribution in [3.05, 3.63) is 69.8 Å². The van der Waals surface area contributed by atoms with Crippen LogP contribution >= 0.6 is 11.3 Å². The fraction of sp³-hybridized carbons (Fsp3) is 0.250. The summed E-state index contributed by atoms with van der Waals surface area (Å²) in [5.41, 5.74) is 8.78. The van der Waals surface area contributed by atoms with Gasteiger partial charge in [-0.1, -0.05) is 12.1 Å². The second kappa shape index (κ2) is 9.22. The SMILES string of the molecule is CC(C)NC(=O)c1cc(-c2csc(C(=O)N(C)[C@@H](C)c3ccc(F)cc3)c2)cn2nc(N)nc12. The predicted molar refractivity (Wildman–Crippen MR) is 130 cm³/mol. The number of nitrogens with one attached hydrogen (secondary N) is 1. The number of anilines is 1. The van der Waals surface area contributed by atoms with E-state index < -0.39 is 0 Å². The Labute approximate surface area is 200 Å². The number of aromatic nitrogens is 3. The van der Waals surface area contributed by atoms with Gasteiger partial charge in [0, 0.05) is 24.8 Å². The van der Waals surface area contributed by atoms with Crippen molar-refractivity contribution < 1.29 is 14.0 Å². The van der Waals surface area contributed by atoms with Gasteiger partial charge in [-0.2, -0.15) is 4.98 Å². The number of thiophene rings is 1. The van der Waals surface area contributed by atoms with Crippen molar-refractivity contribution in [1.82, 2.24) is 24.8 Å². The molecule has 1 aromatic carbocycles. The zero-order chi connectivity index (χ0) is 24.6. The minimum Gasteiger partial charge on any atom is -0.366 e. The highest BCUT2D eigenvalue weighted by Gasteiger charge is 2.22. The molecule has 0 unspecified atom stereocenters. The van der Waals surface area contributed by atoms with E-state index in [4.69, 9.17) is 5.73 Å². The minimum absolute atomic E-state index is 0.0551. The van der Waals surface area contributed by atoms with Gasteiger partial charge in [0.05, 0.1) is 16.5 Å². The molecule has 10 heteroatoms. The number of halogens is 1. The van der Waals surface area contributed by atoms with E-state index >= 15 is 0 Å². The van der Waals surface area contributed by atoms with Gasteiger partial charge in [-0.3, -0.25) is 9.59 Å². The van der Waals surface area contributed by atoms with Gasteiger partial charge in [0.25, 0.3) is 11.8 Å². The van der Waals surface area contributed by atoms with Crippen LogP contribution in [0.15, 0.2) is 48.0 Å². The molecule has 0 saturated heterocycles. The van der Waals surface area contributed by atoms with E-state index in [0.717, 1.165) is 11.1 Å². The molecule has 0 aliphatic rings. The van der Waals surface area contributed by atoms with E-state index in [0.29, 0.717) is 21.7 Å². The van der Waals surface area contributed by atoms with Crippen LogP contribution in [0.2, 0.25) is 0 Å². The summed E-state index contributed by atoms with van der Waals surface area (Å²) in [5, 5.41) is 8.88. The number of carbonyl (C=O) groups is 2. The van der Waals surface area contributed by atoms with Crippen molar-refractivity contribution in [2.24, 2.45) is 0 Å². The summed E-state index contributed by atoms with van der Waals surface area (Å²) in [7, 11) is 1.72. The summed E-state index contributed by atoms with van der Waals surface area (Å²) in [5.74, 6) is -0.695. The van der Waals surface area contributed by atoms with Crippen molar-refractivity contribution in [1.29, 1.82) is 0 Å². The van der Waals surface area contributed by atoms with Crippen LogP contribution in [0, 0.1) is 5.82 Å². The van der Waals surface area contributed by atoms with Gasteiger partial charge in [-0.05, 0) is 61.5 Å². The summed E-state index contributed by atoms with van der Waals surface area (Å²) in [4.78, 5) is 32.2. The fourth-order valence-corrected chi connectivity index (χ4v) is 4.48. The number of nitrogens with zero attached hydrogens (tertiary/aromatic N) is 4. The zero-order valence-electron chi connectivity index (χ0n) is 19.2. The number of fused-ring (bicyclic) bond motifs is 1. The van der Waals surface area contributed by atoms with E-state index in [1.807, 2.05) is 26.2 Å². The summed E-state index contributed by atoms with van der Waals surface area (Å²) in [6, 6.07) is 9.33. The quantitative estimate of drug-likeness (QED) is 0.431. The van der Waals surface area contributed by atoms with Crippen LogP contribution in [0.3, 0.4) is 0 Å². The Morgan fingerprint density at radius 1 is 1.15 bits per heavy atom. The van der Waals surface area contributed by atoms with Crippen LogP contribution in [0.25, 0.3) is 16.8 Å². The first kappa shape index (κ1) is 23.4. The van der Waals surface area contributed by atoms with Crippen LogP contribution in [0.4, 0.5) is 10.3 Å². The standard InChI is InChI=1S/C24H25FN6O2S/c1-13(2)27-22(32)19-9-16(11-31-21(19)28-24(26)29-31)17-10-20(34-12-17)23(33)30(4)14(3)15-5-7-18(25)8-6-15/h5-14H,1-4H3,(H2,26,29)(H,27,32)/t14-/m0/s1. The van der Waals surface area contributed by atoms with Gasteiger partial charge in [0.15, 0.2) is 5.65 Å².